The van der Waals surface area contributed by atoms with Crippen molar-refractivity contribution in [1.82, 2.24) is 20.6 Å². The van der Waals surface area contributed by atoms with Gasteiger partial charge in [-0.15, -0.1) is 5.10 Å². The van der Waals surface area contributed by atoms with Gasteiger partial charge in [0.2, 0.25) is 5.82 Å². The Hall–Kier alpha value is -4.41. The molecule has 0 bridgehead atoms. The largest absolute Gasteiger partial charge is 0.493 e. The summed E-state index contributed by atoms with van der Waals surface area (Å²) >= 11 is 0. The number of hydrogen-bond donors (Lipinski definition) is 4. The van der Waals surface area contributed by atoms with E-state index < -0.39 is 17.2 Å². The number of nitrogens with one attached hydrogen (secondary N) is 4. The SMILES string of the molecule is COc1ccc(/C=N/NC(=O)CNc2n[nH]c(=O)[nH]c2=O)cc1OCc1ccccc1. The van der Waals surface area contributed by atoms with Crippen LogP contribution in [0.2, 0.25) is 0 Å². The molecule has 0 unspecified atom stereocenters. The Kier molecular flexibility index (Phi) is 7.14. The first-order chi connectivity index (χ1) is 15.0. The average Bonchev–Trinajstić information content (AvgIpc) is 2.78. The lowest BCUT2D eigenvalue weighted by molar-refractivity contribution is -0.119. The first kappa shape index (κ1) is 21.3. The Labute approximate surface area is 176 Å². The van der Waals surface area contributed by atoms with Crippen molar-refractivity contribution in [3.8, 4) is 11.5 Å². The van der Waals surface area contributed by atoms with Crippen molar-refractivity contribution in [2.24, 2.45) is 5.10 Å². The van der Waals surface area contributed by atoms with Crippen molar-refractivity contribution in [2.45, 2.75) is 6.61 Å². The van der Waals surface area contributed by atoms with Gasteiger partial charge in [0.05, 0.1) is 19.9 Å². The zero-order valence-electron chi connectivity index (χ0n) is 16.5. The van der Waals surface area contributed by atoms with Crippen LogP contribution in [-0.2, 0) is 11.4 Å². The monoisotopic (exact) mass is 424 g/mol. The van der Waals surface area contributed by atoms with Crippen molar-refractivity contribution in [3.05, 3.63) is 80.5 Å². The summed E-state index contributed by atoms with van der Waals surface area (Å²) in [6, 6.07) is 14.9. The van der Waals surface area contributed by atoms with Gasteiger partial charge in [-0.05, 0) is 29.3 Å². The van der Waals surface area contributed by atoms with Gasteiger partial charge in [-0.1, -0.05) is 30.3 Å². The molecule has 31 heavy (non-hydrogen) atoms. The molecule has 0 aliphatic rings. The molecular formula is C20H20N6O5. The topological polar surface area (TPSA) is 151 Å². The van der Waals surface area contributed by atoms with Crippen LogP contribution in [0.1, 0.15) is 11.1 Å². The van der Waals surface area contributed by atoms with Gasteiger partial charge in [-0.2, -0.15) is 5.10 Å². The van der Waals surface area contributed by atoms with E-state index in [4.69, 9.17) is 9.47 Å². The van der Waals surface area contributed by atoms with Crippen LogP contribution >= 0.6 is 0 Å². The molecule has 0 spiro atoms. The minimum atomic E-state index is -0.740. The van der Waals surface area contributed by atoms with E-state index in [1.807, 2.05) is 35.3 Å². The molecule has 11 nitrogen and oxygen atoms in total. The van der Waals surface area contributed by atoms with E-state index in [0.717, 1.165) is 5.56 Å². The molecule has 4 N–H and O–H groups in total. The summed E-state index contributed by atoms with van der Waals surface area (Å²) in [5.41, 5.74) is 2.54. The van der Waals surface area contributed by atoms with Crippen LogP contribution in [0, 0.1) is 0 Å². The molecule has 0 saturated carbocycles. The number of hydrazone groups is 1. The first-order valence-electron chi connectivity index (χ1n) is 9.14. The Morgan fingerprint density at radius 2 is 1.97 bits per heavy atom. The molecule has 3 rings (SSSR count). The third-order valence-corrected chi connectivity index (χ3v) is 3.96. The predicted octanol–water partition coefficient (Wildman–Crippen LogP) is 0.608. The molecule has 160 valence electrons. The number of carbonyl (C=O) groups is 1. The minimum absolute atomic E-state index is 0.186. The van der Waals surface area contributed by atoms with Gasteiger partial charge >= 0.3 is 5.69 Å². The van der Waals surface area contributed by atoms with Crippen LogP contribution in [0.5, 0.6) is 11.5 Å². The number of rotatable bonds is 9. The van der Waals surface area contributed by atoms with Crippen LogP contribution in [-0.4, -0.2) is 41.0 Å². The van der Waals surface area contributed by atoms with Crippen molar-refractivity contribution < 1.29 is 14.3 Å². The Morgan fingerprint density at radius 1 is 1.16 bits per heavy atom. The van der Waals surface area contributed by atoms with Crippen LogP contribution < -0.4 is 31.5 Å². The van der Waals surface area contributed by atoms with Crippen molar-refractivity contribution in [3.63, 3.8) is 0 Å². The number of ether oxygens (including phenoxy) is 2. The zero-order valence-corrected chi connectivity index (χ0v) is 16.5. The average molecular weight is 424 g/mol. The Morgan fingerprint density at radius 3 is 2.71 bits per heavy atom. The first-order valence-corrected chi connectivity index (χ1v) is 9.14. The maximum atomic E-state index is 11.9. The molecule has 0 aliphatic carbocycles. The fraction of sp³-hybridized carbons (Fsp3) is 0.150. The van der Waals surface area contributed by atoms with Gasteiger partial charge in [-0.3, -0.25) is 14.6 Å². The van der Waals surface area contributed by atoms with Gasteiger partial charge in [-0.25, -0.2) is 15.3 Å². The summed E-state index contributed by atoms with van der Waals surface area (Å²) in [6.07, 6.45) is 1.44. The summed E-state index contributed by atoms with van der Waals surface area (Å²) in [7, 11) is 1.55. The number of methoxy groups -OCH3 is 1. The number of aromatic amines is 2. The number of anilines is 1. The lowest BCUT2D eigenvalue weighted by Gasteiger charge is -2.11. The highest BCUT2D eigenvalue weighted by molar-refractivity contribution is 5.84. The van der Waals surface area contributed by atoms with E-state index in [9.17, 15) is 14.4 Å². The smallest absolute Gasteiger partial charge is 0.342 e. The number of H-pyrrole nitrogens is 2. The summed E-state index contributed by atoms with van der Waals surface area (Å²) < 4.78 is 11.2. The third-order valence-electron chi connectivity index (χ3n) is 3.96. The van der Waals surface area contributed by atoms with Gasteiger partial charge in [0.15, 0.2) is 11.5 Å². The molecule has 1 amide bonds. The van der Waals surface area contributed by atoms with Crippen LogP contribution in [0.25, 0.3) is 0 Å². The lowest BCUT2D eigenvalue weighted by atomic mass is 10.2. The van der Waals surface area contributed by atoms with E-state index in [2.05, 4.69) is 26.0 Å². The maximum absolute atomic E-state index is 11.9. The van der Waals surface area contributed by atoms with Gasteiger partial charge in [0.25, 0.3) is 11.5 Å². The second-order valence-corrected chi connectivity index (χ2v) is 6.19. The number of hydrogen-bond acceptors (Lipinski definition) is 8. The number of benzene rings is 2. The normalized spacial score (nSPS) is 10.6. The summed E-state index contributed by atoms with van der Waals surface area (Å²) in [4.78, 5) is 36.3. The molecule has 0 aliphatic heterocycles. The van der Waals surface area contributed by atoms with Gasteiger partial charge < -0.3 is 14.8 Å². The van der Waals surface area contributed by atoms with E-state index in [1.54, 1.807) is 25.3 Å². The van der Waals surface area contributed by atoms with E-state index in [-0.39, 0.29) is 12.4 Å². The zero-order chi connectivity index (χ0) is 22.1. The van der Waals surface area contributed by atoms with Crippen LogP contribution in [0.15, 0.2) is 63.2 Å². The summed E-state index contributed by atoms with van der Waals surface area (Å²) in [6.45, 7) is 0.103. The molecular weight excluding hydrogens is 404 g/mol. The Bertz CT molecular complexity index is 1170. The van der Waals surface area contributed by atoms with Crippen molar-refractivity contribution >= 4 is 17.9 Å². The molecule has 3 aromatic rings. The Balaban J connectivity index is 1.56. The van der Waals surface area contributed by atoms with E-state index in [0.29, 0.717) is 23.7 Å². The highest BCUT2D eigenvalue weighted by Crippen LogP contribution is 2.28. The van der Waals surface area contributed by atoms with E-state index >= 15 is 0 Å². The van der Waals surface area contributed by atoms with Crippen molar-refractivity contribution in [1.29, 1.82) is 0 Å². The third kappa shape index (κ3) is 6.29. The molecule has 0 saturated heterocycles. The lowest BCUT2D eigenvalue weighted by Crippen LogP contribution is -2.31. The standard InChI is InChI=1S/C20H20N6O5/c1-30-15-8-7-14(9-16(15)31-12-13-5-3-2-4-6-13)10-22-24-17(27)11-21-18-19(28)23-20(29)26-25-18/h2-10H,11-12H2,1H3,(H,21,25)(H,24,27)(H2,23,26,28,29)/b22-10+. The molecule has 0 fully saturated rings. The highest BCUT2D eigenvalue weighted by atomic mass is 16.5. The fourth-order valence-corrected chi connectivity index (χ4v) is 2.47. The van der Waals surface area contributed by atoms with Gasteiger partial charge in [0.1, 0.15) is 6.61 Å². The highest BCUT2D eigenvalue weighted by Gasteiger charge is 2.07. The van der Waals surface area contributed by atoms with E-state index in [1.165, 1.54) is 6.21 Å². The molecule has 1 aromatic heterocycles. The molecule has 0 radical (unpaired) electrons. The molecule has 11 heteroatoms. The quantitative estimate of drug-likeness (QED) is 0.290. The minimum Gasteiger partial charge on any atom is -0.493 e. The number of amides is 1. The second kappa shape index (κ2) is 10.4. The number of aromatic nitrogens is 3. The van der Waals surface area contributed by atoms with Crippen molar-refractivity contribution in [2.75, 3.05) is 19.0 Å². The van der Waals surface area contributed by atoms with Crippen LogP contribution in [0.3, 0.4) is 0 Å². The fourth-order valence-electron chi connectivity index (χ4n) is 2.47. The second-order valence-electron chi connectivity index (χ2n) is 6.19. The molecule has 2 aromatic carbocycles. The van der Waals surface area contributed by atoms with Gasteiger partial charge in [0, 0.05) is 0 Å². The number of carbonyl (C=O) groups excluding carboxylic acids is 1. The summed E-state index contributed by atoms with van der Waals surface area (Å²) in [5, 5.41) is 11.9. The predicted molar refractivity (Wildman–Crippen MR) is 113 cm³/mol. The summed E-state index contributed by atoms with van der Waals surface area (Å²) in [5.74, 6) is 0.401. The number of nitrogens with zero attached hydrogens (tertiary/aromatic N) is 2. The molecule has 0 atom stereocenters. The van der Waals surface area contributed by atoms with Crippen LogP contribution in [0.4, 0.5) is 5.82 Å². The molecule has 1 heterocycles. The maximum Gasteiger partial charge on any atom is 0.342 e.